The molecule has 7 nitrogen and oxygen atoms in total. The van der Waals surface area contributed by atoms with E-state index in [1.807, 2.05) is 6.20 Å². The van der Waals surface area contributed by atoms with Crippen LogP contribution in [-0.2, 0) is 31.9 Å². The van der Waals surface area contributed by atoms with E-state index in [0.717, 1.165) is 5.69 Å². The molecule has 23 heavy (non-hydrogen) atoms. The van der Waals surface area contributed by atoms with E-state index in [1.165, 1.54) is 0 Å². The van der Waals surface area contributed by atoms with Crippen LogP contribution in [0, 0.1) is 11.8 Å². The second-order valence-electron chi connectivity index (χ2n) is 4.81. The minimum absolute atomic E-state index is 0.106. The highest BCUT2D eigenvalue weighted by molar-refractivity contribution is 6.18. The first-order valence-corrected chi connectivity index (χ1v) is 7.82. The lowest BCUT2D eigenvalue weighted by Crippen LogP contribution is -2.21. The first kappa shape index (κ1) is 19.9. The summed E-state index contributed by atoms with van der Waals surface area (Å²) < 4.78 is 22.6. The lowest BCUT2D eigenvalue weighted by atomic mass is 10.2. The molecule has 130 valence electrons. The van der Waals surface area contributed by atoms with Crippen molar-refractivity contribution < 1.29 is 18.9 Å². The van der Waals surface area contributed by atoms with Gasteiger partial charge in [0.2, 0.25) is 0 Å². The maximum Gasteiger partial charge on any atom is 0.146 e. The van der Waals surface area contributed by atoms with Crippen LogP contribution in [0.15, 0.2) is 6.20 Å². The van der Waals surface area contributed by atoms with E-state index >= 15 is 0 Å². The van der Waals surface area contributed by atoms with Crippen molar-refractivity contribution in [3.63, 3.8) is 0 Å². The molecule has 8 heteroatoms. The third-order valence-corrected chi connectivity index (χ3v) is 3.28. The van der Waals surface area contributed by atoms with E-state index in [4.69, 9.17) is 30.5 Å². The van der Waals surface area contributed by atoms with Crippen molar-refractivity contribution in [3.05, 3.63) is 11.9 Å². The Morgan fingerprint density at radius 1 is 1.22 bits per heavy atom. The number of alkyl halides is 1. The van der Waals surface area contributed by atoms with Crippen LogP contribution in [0.25, 0.3) is 0 Å². The highest BCUT2D eigenvalue weighted by Crippen LogP contribution is 2.07. The summed E-state index contributed by atoms with van der Waals surface area (Å²) in [7, 11) is 3.16. The number of ether oxygens (including phenoxy) is 4. The van der Waals surface area contributed by atoms with E-state index < -0.39 is 0 Å². The minimum atomic E-state index is -0.159. The molecule has 1 rings (SSSR count). The highest BCUT2D eigenvalue weighted by atomic mass is 35.5. The molecule has 1 aromatic heterocycles. The Morgan fingerprint density at radius 2 is 1.91 bits per heavy atom. The monoisotopic (exact) mass is 345 g/mol. The molecule has 0 bridgehead atoms. The number of methoxy groups -OCH3 is 2. The smallest absolute Gasteiger partial charge is 0.146 e. The largest absolute Gasteiger partial charge is 0.359 e. The molecule has 0 radical (unpaired) electrons. The zero-order chi connectivity index (χ0) is 16.9. The Morgan fingerprint density at radius 3 is 2.52 bits per heavy atom. The molecular weight excluding hydrogens is 322 g/mol. The van der Waals surface area contributed by atoms with Gasteiger partial charge < -0.3 is 18.9 Å². The van der Waals surface area contributed by atoms with Crippen LogP contribution in [0.3, 0.4) is 0 Å². The van der Waals surface area contributed by atoms with Crippen LogP contribution in [0.5, 0.6) is 0 Å². The quantitative estimate of drug-likeness (QED) is 0.324. The summed E-state index contributed by atoms with van der Waals surface area (Å²) in [5, 5.41) is 8.24. The summed E-state index contributed by atoms with van der Waals surface area (Å²) in [6.07, 6.45) is 2.78. The molecular formula is C15H24ClN3O4. The zero-order valence-corrected chi connectivity index (χ0v) is 14.6. The van der Waals surface area contributed by atoms with Crippen molar-refractivity contribution in [2.24, 2.45) is 0 Å². The predicted octanol–water partition coefficient (Wildman–Crippen LogP) is 1.45. The standard InChI is InChI=1S/C15H24ClN3O4/c1-4-5-6-14(22-11-20-2)10-19-9-13(17-18-19)7-15(8-16)23-12-21-3/h9,14-15H,6-8,10-12H2,1-3H3/t14-,15-/m1/s1. The summed E-state index contributed by atoms with van der Waals surface area (Å²) in [5.74, 6) is 6.23. The lowest BCUT2D eigenvalue weighted by molar-refractivity contribution is -0.0756. The van der Waals surface area contributed by atoms with Crippen LogP contribution in [0.2, 0.25) is 0 Å². The Kier molecular flexibility index (Phi) is 10.6. The van der Waals surface area contributed by atoms with Crippen LogP contribution in [0.4, 0.5) is 0 Å². The number of nitrogens with zero attached hydrogens (tertiary/aromatic N) is 3. The van der Waals surface area contributed by atoms with Crippen molar-refractivity contribution in [3.8, 4) is 11.8 Å². The van der Waals surface area contributed by atoms with Gasteiger partial charge in [0.1, 0.15) is 13.6 Å². The summed E-state index contributed by atoms with van der Waals surface area (Å²) in [4.78, 5) is 0. The zero-order valence-electron chi connectivity index (χ0n) is 13.8. The second-order valence-corrected chi connectivity index (χ2v) is 5.12. The number of rotatable bonds is 12. The van der Waals surface area contributed by atoms with Gasteiger partial charge in [-0.3, -0.25) is 0 Å². The summed E-state index contributed by atoms with van der Waals surface area (Å²) in [6.45, 7) is 2.77. The van der Waals surface area contributed by atoms with E-state index in [9.17, 15) is 0 Å². The molecule has 0 aliphatic rings. The molecule has 0 unspecified atom stereocenters. The fourth-order valence-corrected chi connectivity index (χ4v) is 2.04. The third kappa shape index (κ3) is 8.30. The number of aromatic nitrogens is 3. The Hall–Kier alpha value is -1.17. The van der Waals surface area contributed by atoms with Gasteiger partial charge in [-0.25, -0.2) is 4.68 Å². The molecule has 0 fully saturated rings. The van der Waals surface area contributed by atoms with Crippen LogP contribution in [0.1, 0.15) is 19.0 Å². The first-order chi connectivity index (χ1) is 11.2. The second kappa shape index (κ2) is 12.3. The van der Waals surface area contributed by atoms with E-state index in [1.54, 1.807) is 25.8 Å². The highest BCUT2D eigenvalue weighted by Gasteiger charge is 2.14. The predicted molar refractivity (Wildman–Crippen MR) is 86.0 cm³/mol. The molecule has 0 saturated heterocycles. The molecule has 0 amide bonds. The Balaban J connectivity index is 2.56. The van der Waals surface area contributed by atoms with Crippen LogP contribution < -0.4 is 0 Å². The van der Waals surface area contributed by atoms with Crippen molar-refractivity contribution in [2.45, 2.75) is 38.5 Å². The van der Waals surface area contributed by atoms with Gasteiger partial charge in [-0.2, -0.15) is 0 Å². The fraction of sp³-hybridized carbons (Fsp3) is 0.733. The molecule has 0 saturated carbocycles. The van der Waals surface area contributed by atoms with Crippen LogP contribution in [-0.4, -0.2) is 60.9 Å². The van der Waals surface area contributed by atoms with Gasteiger partial charge in [-0.15, -0.1) is 28.5 Å². The maximum atomic E-state index is 5.87. The van der Waals surface area contributed by atoms with Crippen molar-refractivity contribution in [1.29, 1.82) is 0 Å². The molecule has 0 aliphatic heterocycles. The molecule has 0 N–H and O–H groups in total. The fourth-order valence-electron chi connectivity index (χ4n) is 1.84. The Labute approximate surface area is 142 Å². The maximum absolute atomic E-state index is 5.87. The van der Waals surface area contributed by atoms with Gasteiger partial charge in [0.05, 0.1) is 24.4 Å². The van der Waals surface area contributed by atoms with E-state index in [0.29, 0.717) is 25.3 Å². The van der Waals surface area contributed by atoms with Gasteiger partial charge in [-0.05, 0) is 6.92 Å². The number of hydrogen-bond donors (Lipinski definition) is 0. The summed E-state index contributed by atoms with van der Waals surface area (Å²) in [6, 6.07) is 0. The van der Waals surface area contributed by atoms with E-state index in [-0.39, 0.29) is 25.8 Å². The summed E-state index contributed by atoms with van der Waals surface area (Å²) in [5.41, 5.74) is 0.804. The van der Waals surface area contributed by atoms with Crippen molar-refractivity contribution in [2.75, 3.05) is 33.7 Å². The minimum Gasteiger partial charge on any atom is -0.359 e. The normalized spacial score (nSPS) is 13.4. The van der Waals surface area contributed by atoms with Crippen LogP contribution >= 0.6 is 11.6 Å². The SMILES string of the molecule is CC#CC[C@H](Cn1cc(C[C@H](CCl)OCOC)nn1)OCOC. The molecule has 0 aliphatic carbocycles. The molecule has 1 heterocycles. The Bertz CT molecular complexity index is 487. The van der Waals surface area contributed by atoms with E-state index in [2.05, 4.69) is 22.2 Å². The molecule has 1 aromatic rings. The molecule has 2 atom stereocenters. The van der Waals surface area contributed by atoms with Gasteiger partial charge >= 0.3 is 0 Å². The molecule has 0 aromatic carbocycles. The number of halogens is 1. The van der Waals surface area contributed by atoms with Gasteiger partial charge in [0.15, 0.2) is 0 Å². The van der Waals surface area contributed by atoms with Gasteiger partial charge in [0, 0.05) is 39.1 Å². The number of hydrogen-bond acceptors (Lipinski definition) is 6. The average Bonchev–Trinajstić information content (AvgIpc) is 3.00. The average molecular weight is 346 g/mol. The van der Waals surface area contributed by atoms with Crippen molar-refractivity contribution >= 4 is 11.6 Å². The summed E-state index contributed by atoms with van der Waals surface area (Å²) >= 11 is 5.87. The van der Waals surface area contributed by atoms with Gasteiger partial charge in [0.25, 0.3) is 0 Å². The van der Waals surface area contributed by atoms with Gasteiger partial charge in [-0.1, -0.05) is 5.21 Å². The first-order valence-electron chi connectivity index (χ1n) is 7.29. The molecule has 0 spiro atoms. The lowest BCUT2D eigenvalue weighted by Gasteiger charge is -2.14. The van der Waals surface area contributed by atoms with Crippen molar-refractivity contribution in [1.82, 2.24) is 15.0 Å². The third-order valence-electron chi connectivity index (χ3n) is 2.94. The topological polar surface area (TPSA) is 67.6 Å².